The molecule has 0 spiro atoms. The van der Waals surface area contributed by atoms with Gasteiger partial charge in [-0.2, -0.15) is 0 Å². The summed E-state index contributed by atoms with van der Waals surface area (Å²) in [6.45, 7) is 0. The van der Waals surface area contributed by atoms with E-state index in [0.29, 0.717) is 0 Å². The maximum atomic E-state index is 6.56. The number of aromatic nitrogens is 3. The monoisotopic (exact) mass is 537 g/mol. The van der Waals surface area contributed by atoms with Crippen molar-refractivity contribution in [1.29, 1.82) is 0 Å². The average molecular weight is 538 g/mol. The molecule has 0 aliphatic heterocycles. The van der Waals surface area contributed by atoms with E-state index < -0.39 is 0 Å². The highest BCUT2D eigenvalue weighted by Crippen LogP contribution is 2.41. The molecule has 0 saturated heterocycles. The molecule has 4 nitrogen and oxygen atoms in total. The summed E-state index contributed by atoms with van der Waals surface area (Å²) in [5, 5.41) is 5.59. The van der Waals surface area contributed by atoms with E-state index in [-0.39, 0.29) is 0 Å². The van der Waals surface area contributed by atoms with E-state index in [4.69, 9.17) is 14.4 Å². The molecule has 0 aliphatic carbocycles. The number of hydrogen-bond acceptors (Lipinski definition) is 3. The van der Waals surface area contributed by atoms with Crippen LogP contribution in [-0.4, -0.2) is 14.5 Å². The van der Waals surface area contributed by atoms with Crippen LogP contribution in [0.2, 0.25) is 0 Å². The van der Waals surface area contributed by atoms with Gasteiger partial charge in [-0.3, -0.25) is 0 Å². The van der Waals surface area contributed by atoms with E-state index in [2.05, 4.69) is 108 Å². The Kier molecular flexibility index (Phi) is 4.87. The van der Waals surface area contributed by atoms with Gasteiger partial charge in [0, 0.05) is 43.7 Å². The number of hydrogen-bond donors (Lipinski definition) is 0. The van der Waals surface area contributed by atoms with Gasteiger partial charge in [-0.25, -0.2) is 9.97 Å². The van der Waals surface area contributed by atoms with Gasteiger partial charge >= 0.3 is 0 Å². The maximum absolute atomic E-state index is 6.56. The second-order valence-corrected chi connectivity index (χ2v) is 10.6. The Balaban J connectivity index is 1.38. The second kappa shape index (κ2) is 8.88. The highest BCUT2D eigenvalue weighted by molar-refractivity contribution is 6.21. The standard InChI is InChI=1S/C38H23N3O/c1-3-11-24(12-4-1)35-31-23-26(19-22-32(31)39-38(40-35)25-13-5-2-6-14-25)41-33-17-9-7-15-27(33)29-20-21-30-28-16-8-10-18-34(28)42-37(30)36(29)41/h1-23H. The number of fused-ring (bicyclic) bond motifs is 8. The Labute approximate surface area is 241 Å². The lowest BCUT2D eigenvalue weighted by Gasteiger charge is -2.13. The number of para-hydroxylation sites is 2. The van der Waals surface area contributed by atoms with Crippen molar-refractivity contribution < 1.29 is 4.42 Å². The molecule has 9 aromatic rings. The first-order valence-electron chi connectivity index (χ1n) is 14.1. The lowest BCUT2D eigenvalue weighted by molar-refractivity contribution is 0.671. The molecule has 0 saturated carbocycles. The highest BCUT2D eigenvalue weighted by atomic mass is 16.3. The van der Waals surface area contributed by atoms with Crippen molar-refractivity contribution in [3.63, 3.8) is 0 Å². The molecule has 0 fully saturated rings. The topological polar surface area (TPSA) is 43.9 Å². The number of benzene rings is 6. The van der Waals surface area contributed by atoms with Crippen LogP contribution in [0.5, 0.6) is 0 Å². The van der Waals surface area contributed by atoms with Crippen molar-refractivity contribution >= 4 is 54.6 Å². The summed E-state index contributed by atoms with van der Waals surface area (Å²) >= 11 is 0. The minimum atomic E-state index is 0.718. The molecule has 9 rings (SSSR count). The van der Waals surface area contributed by atoms with Crippen LogP contribution in [-0.2, 0) is 0 Å². The van der Waals surface area contributed by atoms with E-state index in [9.17, 15) is 0 Å². The predicted octanol–water partition coefficient (Wildman–Crippen LogP) is 9.96. The van der Waals surface area contributed by atoms with Gasteiger partial charge in [0.1, 0.15) is 5.58 Å². The van der Waals surface area contributed by atoms with E-state index in [1.165, 1.54) is 5.39 Å². The fourth-order valence-electron chi connectivity index (χ4n) is 6.29. The van der Waals surface area contributed by atoms with Gasteiger partial charge in [-0.05, 0) is 36.4 Å². The molecule has 3 aromatic heterocycles. The van der Waals surface area contributed by atoms with E-state index in [1.807, 2.05) is 36.4 Å². The van der Waals surface area contributed by atoms with Gasteiger partial charge in [-0.15, -0.1) is 0 Å². The molecule has 3 heterocycles. The van der Waals surface area contributed by atoms with Crippen LogP contribution in [0.25, 0.3) is 83.0 Å². The second-order valence-electron chi connectivity index (χ2n) is 10.6. The van der Waals surface area contributed by atoms with Crippen LogP contribution in [0.1, 0.15) is 0 Å². The molecule has 196 valence electrons. The van der Waals surface area contributed by atoms with Crippen molar-refractivity contribution in [3.8, 4) is 28.3 Å². The Morgan fingerprint density at radius 2 is 1.19 bits per heavy atom. The third-order valence-corrected chi connectivity index (χ3v) is 8.20. The van der Waals surface area contributed by atoms with E-state index >= 15 is 0 Å². The normalized spacial score (nSPS) is 11.8. The van der Waals surface area contributed by atoms with Crippen LogP contribution < -0.4 is 0 Å². The Morgan fingerprint density at radius 3 is 2.02 bits per heavy atom. The lowest BCUT2D eigenvalue weighted by atomic mass is 10.0. The van der Waals surface area contributed by atoms with E-state index in [0.717, 1.165) is 77.6 Å². The van der Waals surface area contributed by atoms with Crippen LogP contribution in [0, 0.1) is 0 Å². The molecule has 0 amide bonds. The Morgan fingerprint density at radius 1 is 0.500 bits per heavy atom. The number of nitrogens with zero attached hydrogens (tertiary/aromatic N) is 3. The largest absolute Gasteiger partial charge is 0.454 e. The highest BCUT2D eigenvalue weighted by Gasteiger charge is 2.20. The summed E-state index contributed by atoms with van der Waals surface area (Å²) < 4.78 is 8.89. The van der Waals surface area contributed by atoms with Gasteiger partial charge in [0.15, 0.2) is 11.4 Å². The first-order valence-corrected chi connectivity index (χ1v) is 14.1. The molecule has 0 aliphatic rings. The SMILES string of the molecule is c1ccc(-c2nc(-c3ccccc3)c3cc(-n4c5ccccc5c5ccc6c7ccccc7oc6c54)ccc3n2)cc1. The summed E-state index contributed by atoms with van der Waals surface area (Å²) in [6.07, 6.45) is 0. The fraction of sp³-hybridized carbons (Fsp3) is 0. The summed E-state index contributed by atoms with van der Waals surface area (Å²) in [5.74, 6) is 0.718. The van der Waals surface area contributed by atoms with Crippen LogP contribution in [0.3, 0.4) is 0 Å². The van der Waals surface area contributed by atoms with Gasteiger partial charge in [0.2, 0.25) is 0 Å². The molecule has 0 bridgehead atoms. The van der Waals surface area contributed by atoms with Crippen molar-refractivity contribution in [2.45, 2.75) is 0 Å². The molecule has 0 N–H and O–H groups in total. The van der Waals surface area contributed by atoms with Gasteiger partial charge < -0.3 is 8.98 Å². The fourth-order valence-corrected chi connectivity index (χ4v) is 6.29. The molecular formula is C38H23N3O. The summed E-state index contributed by atoms with van der Waals surface area (Å²) in [6, 6.07) is 48.3. The first-order chi connectivity index (χ1) is 20.8. The smallest absolute Gasteiger partial charge is 0.160 e. The minimum Gasteiger partial charge on any atom is -0.454 e. The molecule has 42 heavy (non-hydrogen) atoms. The molecule has 0 radical (unpaired) electrons. The van der Waals surface area contributed by atoms with Gasteiger partial charge in [-0.1, -0.05) is 103 Å². The van der Waals surface area contributed by atoms with E-state index in [1.54, 1.807) is 0 Å². The van der Waals surface area contributed by atoms with Crippen molar-refractivity contribution in [2.75, 3.05) is 0 Å². The maximum Gasteiger partial charge on any atom is 0.160 e. The molecular weight excluding hydrogens is 514 g/mol. The number of furan rings is 1. The van der Waals surface area contributed by atoms with Crippen molar-refractivity contribution in [1.82, 2.24) is 14.5 Å². The molecule has 0 unspecified atom stereocenters. The van der Waals surface area contributed by atoms with Crippen LogP contribution >= 0.6 is 0 Å². The van der Waals surface area contributed by atoms with Crippen LogP contribution in [0.15, 0.2) is 144 Å². The zero-order valence-electron chi connectivity index (χ0n) is 22.5. The third-order valence-electron chi connectivity index (χ3n) is 8.20. The predicted molar refractivity (Wildman–Crippen MR) is 172 cm³/mol. The summed E-state index contributed by atoms with van der Waals surface area (Å²) in [5.41, 5.74) is 8.88. The first kappa shape index (κ1) is 23.0. The average Bonchev–Trinajstić information content (AvgIpc) is 3.61. The lowest BCUT2D eigenvalue weighted by Crippen LogP contribution is -1.98. The minimum absolute atomic E-state index is 0.718. The Bertz CT molecular complexity index is 2460. The van der Waals surface area contributed by atoms with Crippen molar-refractivity contribution in [3.05, 3.63) is 140 Å². The number of rotatable bonds is 3. The quantitative estimate of drug-likeness (QED) is 0.225. The van der Waals surface area contributed by atoms with Crippen LogP contribution in [0.4, 0.5) is 0 Å². The molecule has 0 atom stereocenters. The van der Waals surface area contributed by atoms with Crippen molar-refractivity contribution in [2.24, 2.45) is 0 Å². The third kappa shape index (κ3) is 3.36. The zero-order valence-corrected chi connectivity index (χ0v) is 22.5. The Hall–Kier alpha value is -5.74. The summed E-state index contributed by atoms with van der Waals surface area (Å²) in [7, 11) is 0. The molecule has 4 heteroatoms. The van der Waals surface area contributed by atoms with Gasteiger partial charge in [0.05, 0.1) is 22.2 Å². The summed E-state index contributed by atoms with van der Waals surface area (Å²) in [4.78, 5) is 10.1. The molecule has 6 aromatic carbocycles. The zero-order chi connectivity index (χ0) is 27.6. The van der Waals surface area contributed by atoms with Gasteiger partial charge in [0.25, 0.3) is 0 Å².